The summed E-state index contributed by atoms with van der Waals surface area (Å²) in [6.45, 7) is 7.03. The Morgan fingerprint density at radius 2 is 1.84 bits per heavy atom. The Hall–Kier alpha value is -1.35. The molecule has 1 amide bonds. The van der Waals surface area contributed by atoms with E-state index < -0.39 is 0 Å². The highest BCUT2D eigenvalue weighted by molar-refractivity contribution is 5.92. The summed E-state index contributed by atoms with van der Waals surface area (Å²) in [7, 11) is 2.01. The average Bonchev–Trinajstić information content (AvgIpc) is 3.11. The molecule has 0 aromatic heterocycles. The molecule has 1 aliphatic carbocycles. The van der Waals surface area contributed by atoms with Gasteiger partial charge in [-0.15, -0.1) is 0 Å². The molecule has 1 aliphatic rings. The number of carbonyl (C=O) groups is 1. The summed E-state index contributed by atoms with van der Waals surface area (Å²) in [5.41, 5.74) is 2.30. The van der Waals surface area contributed by atoms with Crippen LogP contribution in [0.3, 0.4) is 0 Å². The van der Waals surface area contributed by atoms with Crippen LogP contribution in [0.2, 0.25) is 0 Å². The van der Waals surface area contributed by atoms with Crippen LogP contribution in [-0.4, -0.2) is 30.4 Å². The highest BCUT2D eigenvalue weighted by Gasteiger charge is 2.27. The van der Waals surface area contributed by atoms with E-state index in [9.17, 15) is 4.79 Å². The number of likely N-dealkylation sites (N-methyl/N-ethyl adjacent to an activating group) is 1. The largest absolute Gasteiger partial charge is 0.325 e. The summed E-state index contributed by atoms with van der Waals surface area (Å²) >= 11 is 0. The van der Waals surface area contributed by atoms with Crippen LogP contribution < -0.4 is 5.32 Å². The topological polar surface area (TPSA) is 32.3 Å². The van der Waals surface area contributed by atoms with E-state index in [1.54, 1.807) is 0 Å². The lowest BCUT2D eigenvalue weighted by atomic mass is 9.87. The van der Waals surface area contributed by atoms with Gasteiger partial charge in [0.1, 0.15) is 0 Å². The molecule has 0 saturated heterocycles. The number of rotatable bonds is 4. The summed E-state index contributed by atoms with van der Waals surface area (Å²) < 4.78 is 0. The van der Waals surface area contributed by atoms with Crippen molar-refractivity contribution in [1.29, 1.82) is 0 Å². The molecule has 0 atom stereocenters. The fourth-order valence-corrected chi connectivity index (χ4v) is 2.13. The summed E-state index contributed by atoms with van der Waals surface area (Å²) in [6.07, 6.45) is 2.45. The smallest absolute Gasteiger partial charge is 0.238 e. The van der Waals surface area contributed by atoms with Gasteiger partial charge in [0, 0.05) is 11.7 Å². The maximum Gasteiger partial charge on any atom is 0.238 e. The molecule has 1 aromatic rings. The summed E-state index contributed by atoms with van der Waals surface area (Å²) in [4.78, 5) is 14.0. The molecule has 0 bridgehead atoms. The predicted molar refractivity (Wildman–Crippen MR) is 79.4 cm³/mol. The first kappa shape index (κ1) is 14.1. The number of hydrogen-bond donors (Lipinski definition) is 1. The number of benzene rings is 1. The minimum Gasteiger partial charge on any atom is -0.325 e. The van der Waals surface area contributed by atoms with Crippen LogP contribution >= 0.6 is 0 Å². The molecular weight excluding hydrogens is 236 g/mol. The van der Waals surface area contributed by atoms with E-state index in [0.717, 1.165) is 5.69 Å². The molecule has 1 N–H and O–H groups in total. The van der Waals surface area contributed by atoms with Crippen molar-refractivity contribution in [2.45, 2.75) is 45.1 Å². The van der Waals surface area contributed by atoms with E-state index in [4.69, 9.17) is 0 Å². The fourth-order valence-electron chi connectivity index (χ4n) is 2.13. The third-order valence-corrected chi connectivity index (χ3v) is 3.60. The third-order valence-electron chi connectivity index (χ3n) is 3.60. The van der Waals surface area contributed by atoms with E-state index in [-0.39, 0.29) is 11.3 Å². The van der Waals surface area contributed by atoms with Crippen LogP contribution in [0.15, 0.2) is 24.3 Å². The number of anilines is 1. The first-order valence-corrected chi connectivity index (χ1v) is 6.97. The Balaban J connectivity index is 1.90. The molecule has 2 rings (SSSR count). The first-order valence-electron chi connectivity index (χ1n) is 6.97. The van der Waals surface area contributed by atoms with E-state index in [2.05, 4.69) is 43.1 Å². The minimum atomic E-state index is 0.0675. The van der Waals surface area contributed by atoms with Crippen molar-refractivity contribution in [2.24, 2.45) is 0 Å². The molecule has 0 radical (unpaired) electrons. The Morgan fingerprint density at radius 1 is 1.26 bits per heavy atom. The van der Waals surface area contributed by atoms with Gasteiger partial charge in [-0.2, -0.15) is 0 Å². The van der Waals surface area contributed by atoms with Gasteiger partial charge in [-0.25, -0.2) is 0 Å². The second-order valence-electron chi connectivity index (χ2n) is 6.52. The van der Waals surface area contributed by atoms with Gasteiger partial charge in [0.25, 0.3) is 0 Å². The van der Waals surface area contributed by atoms with Crippen molar-refractivity contribution in [3.05, 3.63) is 29.8 Å². The summed E-state index contributed by atoms with van der Waals surface area (Å²) in [6, 6.07) is 8.75. The zero-order chi connectivity index (χ0) is 14.0. The second kappa shape index (κ2) is 5.33. The molecule has 1 fully saturated rings. The normalized spacial score (nSPS) is 15.6. The molecule has 0 unspecified atom stereocenters. The quantitative estimate of drug-likeness (QED) is 0.902. The Bertz CT molecular complexity index is 441. The van der Waals surface area contributed by atoms with Crippen molar-refractivity contribution in [3.63, 3.8) is 0 Å². The molecule has 0 aliphatic heterocycles. The van der Waals surface area contributed by atoms with Crippen LogP contribution in [0.4, 0.5) is 5.69 Å². The Kier molecular flexibility index (Phi) is 3.95. The number of nitrogens with one attached hydrogen (secondary N) is 1. The van der Waals surface area contributed by atoms with Crippen molar-refractivity contribution in [2.75, 3.05) is 18.9 Å². The third kappa shape index (κ3) is 4.06. The molecule has 3 nitrogen and oxygen atoms in total. The first-order chi connectivity index (χ1) is 8.86. The molecule has 0 heterocycles. The average molecular weight is 260 g/mol. The molecular formula is C16H24N2O. The Morgan fingerprint density at radius 3 is 2.32 bits per heavy atom. The molecule has 1 aromatic carbocycles. The molecule has 19 heavy (non-hydrogen) atoms. The number of amides is 1. The zero-order valence-corrected chi connectivity index (χ0v) is 12.4. The molecule has 0 spiro atoms. The lowest BCUT2D eigenvalue weighted by Crippen LogP contribution is -2.31. The maximum atomic E-state index is 11.9. The van der Waals surface area contributed by atoms with Crippen LogP contribution in [-0.2, 0) is 10.2 Å². The van der Waals surface area contributed by atoms with E-state index >= 15 is 0 Å². The maximum absolute atomic E-state index is 11.9. The van der Waals surface area contributed by atoms with Gasteiger partial charge in [-0.3, -0.25) is 9.69 Å². The van der Waals surface area contributed by atoms with Gasteiger partial charge in [0.2, 0.25) is 5.91 Å². The summed E-state index contributed by atoms with van der Waals surface area (Å²) in [5.74, 6) is 0.0675. The van der Waals surface area contributed by atoms with E-state index in [0.29, 0.717) is 12.6 Å². The van der Waals surface area contributed by atoms with E-state index in [1.165, 1.54) is 18.4 Å². The molecule has 3 heteroatoms. The second-order valence-corrected chi connectivity index (χ2v) is 6.52. The van der Waals surface area contributed by atoms with Gasteiger partial charge in [-0.05, 0) is 43.0 Å². The van der Waals surface area contributed by atoms with E-state index in [1.807, 2.05) is 19.2 Å². The Labute approximate surface area is 116 Å². The van der Waals surface area contributed by atoms with Crippen molar-refractivity contribution < 1.29 is 4.79 Å². The summed E-state index contributed by atoms with van der Waals surface area (Å²) in [5, 5.41) is 2.95. The van der Waals surface area contributed by atoms with Crippen molar-refractivity contribution in [1.82, 2.24) is 4.90 Å². The lowest BCUT2D eigenvalue weighted by Gasteiger charge is -2.19. The minimum absolute atomic E-state index is 0.0675. The van der Waals surface area contributed by atoms with Crippen LogP contribution in [0.5, 0.6) is 0 Å². The highest BCUT2D eigenvalue weighted by Crippen LogP contribution is 2.25. The van der Waals surface area contributed by atoms with Crippen molar-refractivity contribution >= 4 is 11.6 Å². The number of nitrogens with zero attached hydrogens (tertiary/aromatic N) is 1. The number of hydrogen-bond acceptors (Lipinski definition) is 2. The van der Waals surface area contributed by atoms with Gasteiger partial charge in [-0.1, -0.05) is 32.9 Å². The van der Waals surface area contributed by atoms with Crippen molar-refractivity contribution in [3.8, 4) is 0 Å². The highest BCUT2D eigenvalue weighted by atomic mass is 16.2. The fraction of sp³-hybridized carbons (Fsp3) is 0.562. The van der Waals surface area contributed by atoms with Gasteiger partial charge < -0.3 is 5.32 Å². The van der Waals surface area contributed by atoms with Crippen LogP contribution in [0, 0.1) is 0 Å². The number of carbonyl (C=O) groups excluding carboxylic acids is 1. The predicted octanol–water partition coefficient (Wildman–Crippen LogP) is 3.02. The lowest BCUT2D eigenvalue weighted by molar-refractivity contribution is -0.117. The van der Waals surface area contributed by atoms with Gasteiger partial charge in [0.05, 0.1) is 6.54 Å². The molecule has 104 valence electrons. The monoisotopic (exact) mass is 260 g/mol. The SMILES string of the molecule is CN(CC(=O)Nc1ccc(C(C)(C)C)cc1)C1CC1. The molecule has 1 saturated carbocycles. The van der Waals surface area contributed by atoms with Gasteiger partial charge >= 0.3 is 0 Å². The van der Waals surface area contributed by atoms with Crippen LogP contribution in [0.1, 0.15) is 39.2 Å². The van der Waals surface area contributed by atoms with Crippen LogP contribution in [0.25, 0.3) is 0 Å². The zero-order valence-electron chi connectivity index (χ0n) is 12.4. The standard InChI is InChI=1S/C16H24N2O/c1-16(2,3)12-5-7-13(8-6-12)17-15(19)11-18(4)14-9-10-14/h5-8,14H,9-11H2,1-4H3,(H,17,19). The van der Waals surface area contributed by atoms with Gasteiger partial charge in [0.15, 0.2) is 0 Å².